The van der Waals surface area contributed by atoms with Crippen LogP contribution >= 0.6 is 22.7 Å². The molecule has 2 fully saturated rings. The average molecular weight is 823 g/mol. The van der Waals surface area contributed by atoms with E-state index in [9.17, 15) is 14.4 Å². The van der Waals surface area contributed by atoms with Crippen LogP contribution in [-0.4, -0.2) is 87.0 Å². The maximum atomic E-state index is 13.9. The van der Waals surface area contributed by atoms with Crippen LogP contribution in [0.1, 0.15) is 77.1 Å². The van der Waals surface area contributed by atoms with E-state index in [-0.39, 0.29) is 35.7 Å². The third-order valence-corrected chi connectivity index (χ3v) is 13.7. The zero-order valence-corrected chi connectivity index (χ0v) is 35.3. The fourth-order valence-corrected chi connectivity index (χ4v) is 10.9. The Morgan fingerprint density at radius 3 is 1.62 bits per heavy atom. The van der Waals surface area contributed by atoms with E-state index in [2.05, 4.69) is 62.2 Å². The van der Waals surface area contributed by atoms with Gasteiger partial charge in [0.05, 0.1) is 57.8 Å². The van der Waals surface area contributed by atoms with E-state index in [1.165, 1.54) is 16.5 Å². The first kappa shape index (κ1) is 39.4. The highest BCUT2D eigenvalue weighted by Crippen LogP contribution is 2.47. The van der Waals surface area contributed by atoms with Gasteiger partial charge in [0.25, 0.3) is 0 Å². The summed E-state index contributed by atoms with van der Waals surface area (Å²) < 4.78 is 12.4. The molecule has 0 radical (unpaired) electrons. The average Bonchev–Trinajstić information content (AvgIpc) is 4.07. The van der Waals surface area contributed by atoms with Gasteiger partial charge in [-0.25, -0.2) is 14.8 Å². The molecule has 3 amide bonds. The van der Waals surface area contributed by atoms with E-state index in [1.807, 2.05) is 49.6 Å². The molecule has 2 aliphatic rings. The minimum atomic E-state index is -0.701. The van der Waals surface area contributed by atoms with Gasteiger partial charge in [-0.15, -0.1) is 22.7 Å². The molecule has 6 heterocycles. The number of aromatic amines is 2. The topological polar surface area (TPSA) is 158 Å². The van der Waals surface area contributed by atoms with Crippen LogP contribution in [0.3, 0.4) is 0 Å². The van der Waals surface area contributed by atoms with Gasteiger partial charge in [0.2, 0.25) is 11.8 Å². The van der Waals surface area contributed by atoms with Gasteiger partial charge in [-0.1, -0.05) is 52.0 Å². The van der Waals surface area contributed by atoms with Gasteiger partial charge in [-0.3, -0.25) is 9.59 Å². The predicted octanol–water partition coefficient (Wildman–Crippen LogP) is 8.49. The van der Waals surface area contributed by atoms with E-state index < -0.39 is 18.2 Å². The Labute approximate surface area is 345 Å². The first-order chi connectivity index (χ1) is 28.0. The number of carbonyl (C=O) groups is 3. The van der Waals surface area contributed by atoms with Crippen molar-refractivity contribution in [1.82, 2.24) is 40.4 Å². The Hall–Kier alpha value is -5.41. The molecule has 2 aliphatic heterocycles. The summed E-state index contributed by atoms with van der Waals surface area (Å²) in [6.45, 7) is 13.0. The summed E-state index contributed by atoms with van der Waals surface area (Å²) in [7, 11) is 2.85. The number of ether oxygens (including phenoxy) is 2. The van der Waals surface area contributed by atoms with Crippen molar-refractivity contribution in [1.29, 1.82) is 0 Å². The fraction of sp³-hybridized carbons (Fsp3) is 0.419. The number of nitrogens with zero attached hydrogens (tertiary/aromatic N) is 4. The number of likely N-dealkylation sites (tertiary alicyclic amines) is 2. The lowest BCUT2D eigenvalue weighted by Crippen LogP contribution is -2.51. The van der Waals surface area contributed by atoms with Crippen LogP contribution < -0.4 is 10.6 Å². The molecular weight excluding hydrogens is 773 g/mol. The molecule has 6 aromatic rings. The van der Waals surface area contributed by atoms with Crippen LogP contribution in [0.25, 0.3) is 53.7 Å². The van der Waals surface area contributed by atoms with Crippen molar-refractivity contribution in [3.63, 3.8) is 0 Å². The molecule has 0 spiro atoms. The number of fused-ring (bicyclic) bond motifs is 3. The highest BCUT2D eigenvalue weighted by Gasteiger charge is 2.39. The maximum absolute atomic E-state index is 13.9. The molecule has 2 aromatic carbocycles. The number of carbonyl (C=O) groups excluding carboxylic acids is 3. The number of para-hydroxylation sites is 2. The number of hydrogen-bond acceptors (Lipinski definition) is 10. The molecule has 2 unspecified atom stereocenters. The van der Waals surface area contributed by atoms with Crippen LogP contribution in [0.4, 0.5) is 4.79 Å². The van der Waals surface area contributed by atoms with Crippen LogP contribution in [-0.2, 0) is 19.1 Å². The molecular formula is C43H50N8O5S2. The lowest BCUT2D eigenvalue weighted by atomic mass is 10.0. The Balaban J connectivity index is 1.09. The molecule has 13 nitrogen and oxygen atoms in total. The Morgan fingerprint density at radius 2 is 1.19 bits per heavy atom. The first-order valence-electron chi connectivity index (χ1n) is 19.9. The molecule has 304 valence electrons. The standard InChI is InChI=1S/C43H50N8O5S2/c1-22(2)33(44-24(5)55-6)41(52)50-18-10-16-31(50)39-45-29-14-8-12-25(35(29)47-39)27-20-57-38-28(21-58-37(27)38)26-13-9-15-30-36(26)48-40(46-30)32-17-11-19-51(32)42(53)34(23(3)4)49-43(54)56-7/h8-9,12-15,20-23,31-34,44H,5,10-11,16-19H2,1-4,6-7H3,(H,45,47)(H,46,48)(H,49,54)/t31?,32?,33-,34-/m0/s1. The number of nitrogens with one attached hydrogen (secondary N) is 4. The summed E-state index contributed by atoms with van der Waals surface area (Å²) in [4.78, 5) is 61.1. The van der Waals surface area contributed by atoms with E-state index >= 15 is 0 Å². The van der Waals surface area contributed by atoms with E-state index in [0.717, 1.165) is 81.7 Å². The largest absolute Gasteiger partial charge is 0.483 e. The van der Waals surface area contributed by atoms with Gasteiger partial charge in [-0.2, -0.15) is 0 Å². The summed E-state index contributed by atoms with van der Waals surface area (Å²) in [5.41, 5.74) is 7.88. The number of amides is 3. The number of H-pyrrole nitrogens is 2. The first-order valence-corrected chi connectivity index (χ1v) is 21.7. The summed E-state index contributed by atoms with van der Waals surface area (Å²) in [5, 5.41) is 10.3. The number of imidazole rings is 2. The Morgan fingerprint density at radius 1 is 0.724 bits per heavy atom. The highest BCUT2D eigenvalue weighted by molar-refractivity contribution is 7.27. The molecule has 58 heavy (non-hydrogen) atoms. The number of benzene rings is 2. The zero-order valence-electron chi connectivity index (χ0n) is 33.7. The number of rotatable bonds is 12. The van der Waals surface area contributed by atoms with Crippen LogP contribution in [0.5, 0.6) is 0 Å². The number of alkyl carbamates (subject to hydrolysis) is 1. The van der Waals surface area contributed by atoms with Crippen molar-refractivity contribution >= 4 is 72.0 Å². The molecule has 0 aliphatic carbocycles. The quantitative estimate of drug-likeness (QED) is 0.0896. The molecule has 4 aromatic heterocycles. The molecule has 15 heteroatoms. The maximum Gasteiger partial charge on any atom is 0.407 e. The van der Waals surface area contributed by atoms with E-state index in [4.69, 9.17) is 19.4 Å². The van der Waals surface area contributed by atoms with Gasteiger partial charge in [0.1, 0.15) is 23.7 Å². The molecule has 0 bridgehead atoms. The van der Waals surface area contributed by atoms with Crippen LogP contribution in [0, 0.1) is 11.8 Å². The van der Waals surface area contributed by atoms with Gasteiger partial charge < -0.3 is 39.9 Å². The number of aromatic nitrogens is 4. The highest BCUT2D eigenvalue weighted by atomic mass is 32.1. The summed E-state index contributed by atoms with van der Waals surface area (Å²) in [6, 6.07) is 10.9. The molecule has 4 N–H and O–H groups in total. The van der Waals surface area contributed by atoms with Gasteiger partial charge in [0, 0.05) is 46.1 Å². The third kappa shape index (κ3) is 7.08. The van der Waals surface area contributed by atoms with Crippen molar-refractivity contribution in [3.8, 4) is 22.3 Å². The van der Waals surface area contributed by atoms with Crippen molar-refractivity contribution in [2.24, 2.45) is 11.8 Å². The molecule has 4 atom stereocenters. The van der Waals surface area contributed by atoms with Gasteiger partial charge in [0.15, 0.2) is 5.88 Å². The summed E-state index contributed by atoms with van der Waals surface area (Å²) in [6.07, 6.45) is 2.72. The van der Waals surface area contributed by atoms with Crippen LogP contribution in [0.2, 0.25) is 0 Å². The molecule has 2 saturated heterocycles. The van der Waals surface area contributed by atoms with Crippen molar-refractivity contribution in [3.05, 3.63) is 71.3 Å². The second kappa shape index (κ2) is 16.1. The van der Waals surface area contributed by atoms with Crippen LogP contribution in [0.15, 0.2) is 59.6 Å². The van der Waals surface area contributed by atoms with Gasteiger partial charge >= 0.3 is 6.09 Å². The SMILES string of the molecule is C=C(N[C@H](C(=O)N1CCCC1c1nc2c(-c3csc4c(-c5cccc6[nH]c(C7CCCN7C(=O)[C@@H](NC(=O)OC)C(C)C)nc56)csc34)cccc2[nH]1)C(C)C)OC. The normalized spacial score (nSPS) is 18.1. The van der Waals surface area contributed by atoms with E-state index in [1.54, 1.807) is 29.8 Å². The summed E-state index contributed by atoms with van der Waals surface area (Å²) >= 11 is 3.42. The van der Waals surface area contributed by atoms with E-state index in [0.29, 0.717) is 19.0 Å². The van der Waals surface area contributed by atoms with Crippen molar-refractivity contribution in [2.75, 3.05) is 27.3 Å². The Bertz CT molecular complexity index is 2340. The second-order valence-electron chi connectivity index (χ2n) is 15.8. The van der Waals surface area contributed by atoms with Crippen molar-refractivity contribution < 1.29 is 23.9 Å². The monoisotopic (exact) mass is 822 g/mol. The Kier molecular flexibility index (Phi) is 10.9. The minimum Gasteiger partial charge on any atom is -0.483 e. The third-order valence-electron chi connectivity index (χ3n) is 11.5. The van der Waals surface area contributed by atoms with Crippen molar-refractivity contribution in [2.45, 2.75) is 77.5 Å². The predicted molar refractivity (Wildman–Crippen MR) is 229 cm³/mol. The lowest BCUT2D eigenvalue weighted by molar-refractivity contribution is -0.136. The zero-order chi connectivity index (χ0) is 40.8. The van der Waals surface area contributed by atoms with Gasteiger partial charge in [-0.05, 0) is 56.2 Å². The number of hydrogen-bond donors (Lipinski definition) is 4. The molecule has 0 saturated carbocycles. The second-order valence-corrected chi connectivity index (χ2v) is 17.6. The minimum absolute atomic E-state index is 0.0165. The smallest absolute Gasteiger partial charge is 0.407 e. The number of thiophene rings is 2. The summed E-state index contributed by atoms with van der Waals surface area (Å²) in [5.74, 6) is 1.71. The molecule has 8 rings (SSSR count). The lowest BCUT2D eigenvalue weighted by Gasteiger charge is -2.30. The fourth-order valence-electron chi connectivity index (χ4n) is 8.48. The number of methoxy groups -OCH3 is 2.